The molecule has 6 heteroatoms. The van der Waals surface area contributed by atoms with Gasteiger partial charge in [-0.25, -0.2) is 0 Å². The van der Waals surface area contributed by atoms with Crippen LogP contribution in [0.2, 0.25) is 0 Å². The molecule has 94 valence electrons. The lowest BCUT2D eigenvalue weighted by molar-refractivity contribution is -0.149. The van der Waals surface area contributed by atoms with E-state index in [1.165, 1.54) is 20.9 Å². The van der Waals surface area contributed by atoms with E-state index in [1.807, 2.05) is 13.8 Å². The average molecular weight is 241 g/mol. The molecule has 3 N–H and O–H groups in total. The number of rotatable bonds is 4. The van der Waals surface area contributed by atoms with Crippen LogP contribution in [0, 0.1) is 0 Å². The first-order chi connectivity index (χ1) is 6.66. The van der Waals surface area contributed by atoms with Crippen molar-refractivity contribution in [1.29, 1.82) is 0 Å². The van der Waals surface area contributed by atoms with Crippen molar-refractivity contribution in [3.63, 3.8) is 0 Å². The second-order valence-corrected chi connectivity index (χ2v) is 6.04. The molecule has 0 bridgehead atoms. The van der Waals surface area contributed by atoms with E-state index < -0.39 is 12.9 Å². The van der Waals surface area contributed by atoms with E-state index in [4.69, 9.17) is 15.2 Å². The van der Waals surface area contributed by atoms with Crippen molar-refractivity contribution in [1.82, 2.24) is 0 Å². The summed E-state index contributed by atoms with van der Waals surface area (Å²) in [6.45, 7) is 6.85. The molecule has 0 radical (unpaired) electrons. The number of hydrogen-bond acceptors (Lipinski definition) is 4. The third kappa shape index (κ3) is 6.28. The van der Waals surface area contributed by atoms with Gasteiger partial charge in [-0.05, 0) is 6.04 Å². The van der Waals surface area contributed by atoms with Gasteiger partial charge in [0, 0.05) is 27.3 Å². The summed E-state index contributed by atoms with van der Waals surface area (Å²) in [5.74, 6) is 0. The summed E-state index contributed by atoms with van der Waals surface area (Å²) in [6, 6.07) is 0.333. The van der Waals surface area contributed by atoms with Gasteiger partial charge in [0.15, 0.2) is 0 Å². The summed E-state index contributed by atoms with van der Waals surface area (Å²) in [5.41, 5.74) is 3.78. The van der Waals surface area contributed by atoms with Crippen LogP contribution in [0.1, 0.15) is 27.2 Å². The van der Waals surface area contributed by atoms with Gasteiger partial charge in [0.25, 0.3) is 7.37 Å². The van der Waals surface area contributed by atoms with Crippen LogP contribution >= 0.6 is 7.37 Å². The first-order valence-electron chi connectivity index (χ1n) is 4.83. The van der Waals surface area contributed by atoms with Crippen LogP contribution in [0.5, 0.6) is 0 Å². The Morgan fingerprint density at radius 1 is 1.40 bits per heavy atom. The molecular formula is C9H24NO4P. The Morgan fingerprint density at radius 3 is 1.67 bits per heavy atom. The lowest BCUT2D eigenvalue weighted by Gasteiger charge is -2.31. The number of methoxy groups -OCH3 is 2. The second-order valence-electron chi connectivity index (χ2n) is 3.60. The monoisotopic (exact) mass is 241 g/mol. The number of hydrogen-bond donors (Lipinski definition) is 2. The molecule has 0 saturated carbocycles. The van der Waals surface area contributed by atoms with Gasteiger partial charge < -0.3 is 20.1 Å². The Balaban J connectivity index is 0. The quantitative estimate of drug-likeness (QED) is 0.577. The largest absolute Gasteiger partial charge is 0.345 e. The van der Waals surface area contributed by atoms with Crippen LogP contribution in [0.25, 0.3) is 0 Å². The summed E-state index contributed by atoms with van der Waals surface area (Å²) < 4.78 is 21.0. The van der Waals surface area contributed by atoms with E-state index in [0.29, 0.717) is 12.5 Å². The highest BCUT2D eigenvalue weighted by Gasteiger charge is 2.43. The maximum absolute atomic E-state index is 11.2. The predicted molar refractivity (Wildman–Crippen MR) is 62.1 cm³/mol. The molecule has 0 aliphatic heterocycles. The Labute approximate surface area is 92.4 Å². The third-order valence-corrected chi connectivity index (χ3v) is 3.66. The highest BCUT2D eigenvalue weighted by molar-refractivity contribution is 7.58. The highest BCUT2D eigenvalue weighted by atomic mass is 31.2. The van der Waals surface area contributed by atoms with E-state index in [-0.39, 0.29) is 0 Å². The Hall–Kier alpha value is 0.0700. The van der Waals surface area contributed by atoms with Crippen molar-refractivity contribution in [2.45, 2.75) is 38.8 Å². The van der Waals surface area contributed by atoms with Crippen molar-refractivity contribution in [2.24, 2.45) is 5.73 Å². The lowest BCUT2D eigenvalue weighted by Crippen LogP contribution is -2.32. The fraction of sp³-hybridized carbons (Fsp3) is 1.00. The fourth-order valence-electron chi connectivity index (χ4n) is 1.00. The molecule has 0 fully saturated rings. The highest BCUT2D eigenvalue weighted by Crippen LogP contribution is 2.53. The molecule has 0 amide bonds. The molecular weight excluding hydrogens is 217 g/mol. The topological polar surface area (TPSA) is 81.8 Å². The molecule has 0 heterocycles. The minimum Gasteiger partial charge on any atom is -0.345 e. The summed E-state index contributed by atoms with van der Waals surface area (Å²) in [6.07, 6.45) is 0.351. The SMILES string of the molecule is CC(C)N.CCC(OC)(OC)P(C)(=O)O. The maximum Gasteiger partial charge on any atom is 0.255 e. The van der Waals surface area contributed by atoms with Crippen molar-refractivity contribution in [3.05, 3.63) is 0 Å². The van der Waals surface area contributed by atoms with Crippen LogP contribution in [0.4, 0.5) is 0 Å². The number of ether oxygens (including phenoxy) is 2. The molecule has 1 unspecified atom stereocenters. The van der Waals surface area contributed by atoms with E-state index in [0.717, 1.165) is 0 Å². The van der Waals surface area contributed by atoms with Gasteiger partial charge in [-0.1, -0.05) is 20.8 Å². The molecule has 1 atom stereocenters. The molecule has 0 spiro atoms. The predicted octanol–water partition coefficient (Wildman–Crippen LogP) is 1.60. The van der Waals surface area contributed by atoms with Gasteiger partial charge >= 0.3 is 0 Å². The first kappa shape index (κ1) is 17.5. The summed E-state index contributed by atoms with van der Waals surface area (Å²) >= 11 is 0. The molecule has 0 rings (SSSR count). The first-order valence-corrected chi connectivity index (χ1v) is 6.93. The van der Waals surface area contributed by atoms with Crippen molar-refractivity contribution >= 4 is 7.37 Å². The third-order valence-electron chi connectivity index (χ3n) is 1.72. The van der Waals surface area contributed by atoms with Crippen molar-refractivity contribution in [2.75, 3.05) is 20.9 Å². The van der Waals surface area contributed by atoms with Gasteiger partial charge in [-0.15, -0.1) is 0 Å². The van der Waals surface area contributed by atoms with E-state index in [1.54, 1.807) is 6.92 Å². The minimum absolute atomic E-state index is 0.333. The van der Waals surface area contributed by atoms with Crippen LogP contribution in [0.3, 0.4) is 0 Å². The van der Waals surface area contributed by atoms with Crippen LogP contribution in [0.15, 0.2) is 0 Å². The van der Waals surface area contributed by atoms with Gasteiger partial charge in [-0.3, -0.25) is 4.57 Å². The van der Waals surface area contributed by atoms with Gasteiger partial charge in [0.05, 0.1) is 0 Å². The molecule has 0 saturated heterocycles. The molecule has 0 aliphatic rings. The lowest BCUT2D eigenvalue weighted by atomic mass is 10.5. The van der Waals surface area contributed by atoms with Gasteiger partial charge in [0.1, 0.15) is 0 Å². The molecule has 0 aromatic rings. The smallest absolute Gasteiger partial charge is 0.255 e. The van der Waals surface area contributed by atoms with E-state index in [2.05, 4.69) is 0 Å². The molecule has 0 aliphatic carbocycles. The standard InChI is InChI=1S/C6H15O4P.C3H9N/c1-5-6(9-2,10-3)11(4,7)8;1-3(2)4/h5H2,1-4H3,(H,7,8);3H,4H2,1-2H3. The molecule has 0 aromatic heterocycles. The molecule has 0 aromatic carbocycles. The van der Waals surface area contributed by atoms with Crippen molar-refractivity contribution in [3.8, 4) is 0 Å². The normalized spacial score (nSPS) is 15.5. The Morgan fingerprint density at radius 2 is 1.67 bits per heavy atom. The maximum atomic E-state index is 11.2. The van der Waals surface area contributed by atoms with Crippen molar-refractivity contribution < 1.29 is 18.9 Å². The summed E-state index contributed by atoms with van der Waals surface area (Å²) in [4.78, 5) is 9.23. The van der Waals surface area contributed by atoms with Gasteiger partial charge in [-0.2, -0.15) is 0 Å². The molecule has 15 heavy (non-hydrogen) atoms. The van der Waals surface area contributed by atoms with Crippen LogP contribution in [-0.2, 0) is 14.0 Å². The summed E-state index contributed by atoms with van der Waals surface area (Å²) in [5, 5.41) is 0. The zero-order valence-corrected chi connectivity index (χ0v) is 11.4. The fourth-order valence-corrected chi connectivity index (χ4v) is 2.27. The van der Waals surface area contributed by atoms with Crippen LogP contribution < -0.4 is 5.73 Å². The van der Waals surface area contributed by atoms with E-state index >= 15 is 0 Å². The second kappa shape index (κ2) is 7.36. The van der Waals surface area contributed by atoms with Crippen LogP contribution in [-0.4, -0.2) is 37.3 Å². The Kier molecular flexibility index (Phi) is 8.57. The Bertz CT molecular complexity index is 187. The minimum atomic E-state index is -3.35. The summed E-state index contributed by atoms with van der Waals surface area (Å²) in [7, 11) is -0.630. The number of nitrogens with two attached hydrogens (primary N) is 1. The van der Waals surface area contributed by atoms with E-state index in [9.17, 15) is 9.46 Å². The zero-order chi connectivity index (χ0) is 12.7. The zero-order valence-electron chi connectivity index (χ0n) is 10.5. The average Bonchev–Trinajstić information content (AvgIpc) is 2.04. The molecule has 5 nitrogen and oxygen atoms in total. The van der Waals surface area contributed by atoms with Gasteiger partial charge in [0.2, 0.25) is 5.53 Å².